The van der Waals surface area contributed by atoms with Crippen LogP contribution < -0.4 is 10.6 Å². The lowest BCUT2D eigenvalue weighted by atomic mass is 9.79. The van der Waals surface area contributed by atoms with Crippen molar-refractivity contribution in [3.63, 3.8) is 0 Å². The highest BCUT2D eigenvalue weighted by Crippen LogP contribution is 2.33. The van der Waals surface area contributed by atoms with Crippen LogP contribution in [0.5, 0.6) is 0 Å². The molecule has 7 nitrogen and oxygen atoms in total. The summed E-state index contributed by atoms with van der Waals surface area (Å²) in [6, 6.07) is 0. The minimum absolute atomic E-state index is 0.0360. The van der Waals surface area contributed by atoms with E-state index in [-0.39, 0.29) is 29.6 Å². The Morgan fingerprint density at radius 3 is 2.76 bits per heavy atom. The molecule has 1 aliphatic heterocycles. The number of amides is 2. The van der Waals surface area contributed by atoms with Crippen LogP contribution in [0.15, 0.2) is 4.34 Å². The molecule has 162 valence electrons. The molecule has 0 unspecified atom stereocenters. The van der Waals surface area contributed by atoms with Gasteiger partial charge in [-0.1, -0.05) is 49.3 Å². The fraction of sp³-hybridized carbons (Fsp3) is 0.800. The zero-order valence-electron chi connectivity index (χ0n) is 17.2. The van der Waals surface area contributed by atoms with Gasteiger partial charge in [0.1, 0.15) is 0 Å². The Labute approximate surface area is 181 Å². The number of ether oxygens (including phenoxy) is 1. The molecule has 1 aromatic rings. The summed E-state index contributed by atoms with van der Waals surface area (Å²) in [5.74, 6) is 1.18. The number of rotatable bonds is 10. The van der Waals surface area contributed by atoms with Crippen LogP contribution in [-0.4, -0.2) is 47.0 Å². The predicted octanol–water partition coefficient (Wildman–Crippen LogP) is 3.86. The minimum Gasteiger partial charge on any atom is -0.376 e. The third-order valence-corrected chi connectivity index (χ3v) is 7.67. The fourth-order valence-electron chi connectivity index (χ4n) is 3.94. The Hall–Kier alpha value is -1.19. The smallest absolute Gasteiger partial charge is 0.230 e. The molecule has 3 rings (SSSR count). The average molecular weight is 441 g/mol. The molecule has 0 bridgehead atoms. The number of thioether (sulfide) groups is 1. The first kappa shape index (κ1) is 22.5. The molecule has 9 heteroatoms. The van der Waals surface area contributed by atoms with Crippen LogP contribution in [0.4, 0.5) is 5.13 Å². The Balaban J connectivity index is 1.34. The summed E-state index contributed by atoms with van der Waals surface area (Å²) in [7, 11) is 0. The average Bonchev–Trinajstić information content (AvgIpc) is 3.41. The fourth-order valence-corrected chi connectivity index (χ4v) is 5.53. The summed E-state index contributed by atoms with van der Waals surface area (Å²) in [5.41, 5.74) is 0. The van der Waals surface area contributed by atoms with Crippen molar-refractivity contribution in [2.24, 2.45) is 11.8 Å². The normalized spacial score (nSPS) is 24.4. The van der Waals surface area contributed by atoms with Crippen molar-refractivity contribution in [2.75, 3.05) is 24.2 Å². The summed E-state index contributed by atoms with van der Waals surface area (Å²) in [4.78, 5) is 24.5. The minimum atomic E-state index is -0.0360. The van der Waals surface area contributed by atoms with E-state index >= 15 is 0 Å². The lowest BCUT2D eigenvalue weighted by Crippen LogP contribution is -2.32. The lowest BCUT2D eigenvalue weighted by molar-refractivity contribution is -0.121. The van der Waals surface area contributed by atoms with Gasteiger partial charge in [-0.2, -0.15) is 0 Å². The SMILES string of the molecule is CCCCC1CCC(C(=O)Nc2nnc(SCC(=O)NC[C@@H]3CCCO3)s2)CC1. The molecule has 2 N–H and O–H groups in total. The van der Waals surface area contributed by atoms with Gasteiger partial charge in [-0.15, -0.1) is 10.2 Å². The van der Waals surface area contributed by atoms with Gasteiger partial charge in [0.15, 0.2) is 4.34 Å². The second-order valence-corrected chi connectivity index (χ2v) is 10.2. The third kappa shape index (κ3) is 7.53. The number of nitrogens with one attached hydrogen (secondary N) is 2. The maximum atomic E-state index is 12.5. The molecular weight excluding hydrogens is 408 g/mol. The van der Waals surface area contributed by atoms with E-state index in [9.17, 15) is 9.59 Å². The highest BCUT2D eigenvalue weighted by molar-refractivity contribution is 8.01. The van der Waals surface area contributed by atoms with Gasteiger partial charge in [-0.05, 0) is 44.4 Å². The topological polar surface area (TPSA) is 93.2 Å². The first-order valence-electron chi connectivity index (χ1n) is 10.8. The summed E-state index contributed by atoms with van der Waals surface area (Å²) < 4.78 is 6.19. The monoisotopic (exact) mass is 440 g/mol. The summed E-state index contributed by atoms with van der Waals surface area (Å²) >= 11 is 2.67. The molecule has 0 spiro atoms. The van der Waals surface area contributed by atoms with E-state index in [1.807, 2.05) is 0 Å². The van der Waals surface area contributed by atoms with Gasteiger partial charge < -0.3 is 15.4 Å². The Kier molecular flexibility index (Phi) is 9.20. The van der Waals surface area contributed by atoms with Gasteiger partial charge in [-0.25, -0.2) is 0 Å². The first-order valence-corrected chi connectivity index (χ1v) is 12.6. The number of nitrogens with zero attached hydrogens (tertiary/aromatic N) is 2. The summed E-state index contributed by atoms with van der Waals surface area (Å²) in [6.07, 6.45) is 10.3. The number of carbonyl (C=O) groups excluding carboxylic acids is 2. The van der Waals surface area contributed by atoms with Crippen LogP contribution in [0.25, 0.3) is 0 Å². The van der Waals surface area contributed by atoms with Gasteiger partial charge in [0.25, 0.3) is 0 Å². The van der Waals surface area contributed by atoms with E-state index < -0.39 is 0 Å². The maximum Gasteiger partial charge on any atom is 0.230 e. The zero-order chi connectivity index (χ0) is 20.5. The van der Waals surface area contributed by atoms with Crippen LogP contribution >= 0.6 is 23.1 Å². The van der Waals surface area contributed by atoms with Gasteiger partial charge in [-0.3, -0.25) is 9.59 Å². The van der Waals surface area contributed by atoms with Crippen LogP contribution in [-0.2, 0) is 14.3 Å². The van der Waals surface area contributed by atoms with E-state index in [1.165, 1.54) is 42.4 Å². The number of anilines is 1. The van der Waals surface area contributed by atoms with Crippen LogP contribution in [0.3, 0.4) is 0 Å². The molecule has 2 heterocycles. The summed E-state index contributed by atoms with van der Waals surface area (Å²) in [6.45, 7) is 3.58. The van der Waals surface area contributed by atoms with E-state index in [1.54, 1.807) is 0 Å². The molecule has 0 aromatic carbocycles. The van der Waals surface area contributed by atoms with Gasteiger partial charge in [0, 0.05) is 19.1 Å². The molecule has 1 atom stereocenters. The van der Waals surface area contributed by atoms with Gasteiger partial charge >= 0.3 is 0 Å². The Morgan fingerprint density at radius 2 is 2.03 bits per heavy atom. The number of hydrogen-bond acceptors (Lipinski definition) is 7. The Morgan fingerprint density at radius 1 is 1.21 bits per heavy atom. The van der Waals surface area contributed by atoms with Gasteiger partial charge in [0.2, 0.25) is 16.9 Å². The standard InChI is InChI=1S/C20H32N4O3S2/c1-2-3-5-14-7-9-15(10-8-14)18(26)22-19-23-24-20(29-19)28-13-17(25)21-12-16-6-4-11-27-16/h14-16H,2-13H2,1H3,(H,21,25)(H,22,23,26)/t14?,15?,16-/m0/s1. The second kappa shape index (κ2) is 11.9. The molecule has 2 aliphatic rings. The molecule has 2 amide bonds. The van der Waals surface area contributed by atoms with E-state index in [2.05, 4.69) is 27.8 Å². The number of hydrogen-bond donors (Lipinski definition) is 2. The predicted molar refractivity (Wildman–Crippen MR) is 116 cm³/mol. The van der Waals surface area contributed by atoms with E-state index in [4.69, 9.17) is 4.74 Å². The molecule has 0 radical (unpaired) electrons. The molecule has 1 saturated heterocycles. The third-order valence-electron chi connectivity index (χ3n) is 5.70. The number of aromatic nitrogens is 2. The zero-order valence-corrected chi connectivity index (χ0v) is 18.8. The highest BCUT2D eigenvalue weighted by Gasteiger charge is 2.26. The quantitative estimate of drug-likeness (QED) is 0.424. The van der Waals surface area contributed by atoms with Crippen molar-refractivity contribution in [3.8, 4) is 0 Å². The number of carbonyl (C=O) groups is 2. The van der Waals surface area contributed by atoms with E-state index in [0.717, 1.165) is 51.0 Å². The van der Waals surface area contributed by atoms with Crippen LogP contribution in [0, 0.1) is 11.8 Å². The molecule has 29 heavy (non-hydrogen) atoms. The molecular formula is C20H32N4O3S2. The lowest BCUT2D eigenvalue weighted by Gasteiger charge is -2.27. The van der Waals surface area contributed by atoms with E-state index in [0.29, 0.717) is 16.0 Å². The van der Waals surface area contributed by atoms with Crippen molar-refractivity contribution in [3.05, 3.63) is 0 Å². The molecule has 1 saturated carbocycles. The molecule has 1 aliphatic carbocycles. The number of unbranched alkanes of at least 4 members (excludes halogenated alkanes) is 1. The Bertz CT molecular complexity index is 656. The first-order chi connectivity index (χ1) is 14.1. The molecule has 2 fully saturated rings. The maximum absolute atomic E-state index is 12.5. The van der Waals surface area contributed by atoms with Crippen molar-refractivity contribution < 1.29 is 14.3 Å². The second-order valence-electron chi connectivity index (χ2n) is 7.95. The molecule has 1 aromatic heterocycles. The highest BCUT2D eigenvalue weighted by atomic mass is 32.2. The van der Waals surface area contributed by atoms with Crippen LogP contribution in [0.2, 0.25) is 0 Å². The van der Waals surface area contributed by atoms with Crippen molar-refractivity contribution >= 4 is 40.0 Å². The van der Waals surface area contributed by atoms with Crippen molar-refractivity contribution in [1.29, 1.82) is 0 Å². The van der Waals surface area contributed by atoms with Crippen molar-refractivity contribution in [1.82, 2.24) is 15.5 Å². The van der Waals surface area contributed by atoms with Crippen LogP contribution in [0.1, 0.15) is 64.7 Å². The van der Waals surface area contributed by atoms with Crippen molar-refractivity contribution in [2.45, 2.75) is 75.2 Å². The summed E-state index contributed by atoms with van der Waals surface area (Å²) in [5, 5.41) is 14.5. The largest absolute Gasteiger partial charge is 0.376 e. The van der Waals surface area contributed by atoms with Gasteiger partial charge in [0.05, 0.1) is 11.9 Å².